The second-order valence-electron chi connectivity index (χ2n) is 9.30. The molecular weight excluding hydrogens is 546 g/mol. The molecule has 2 aromatic carbocycles. The predicted molar refractivity (Wildman–Crippen MR) is 141 cm³/mol. The van der Waals surface area contributed by atoms with E-state index in [0.29, 0.717) is 12.1 Å². The lowest BCUT2D eigenvalue weighted by atomic mass is 10.0. The van der Waals surface area contributed by atoms with Gasteiger partial charge in [-0.2, -0.15) is 23.4 Å². The van der Waals surface area contributed by atoms with Gasteiger partial charge in [0.25, 0.3) is 5.91 Å². The van der Waals surface area contributed by atoms with Crippen LogP contribution in [0.2, 0.25) is 0 Å². The highest BCUT2D eigenvalue weighted by molar-refractivity contribution is 6.05. The number of nitrogens with one attached hydrogen (secondary N) is 1. The second-order valence-corrected chi connectivity index (χ2v) is 9.30. The summed E-state index contributed by atoms with van der Waals surface area (Å²) in [6.45, 7) is 0.959. The van der Waals surface area contributed by atoms with Crippen LogP contribution in [0.4, 0.5) is 28.9 Å². The number of hydrogen-bond donors (Lipinski definition) is 2. The number of rotatable bonds is 7. The Hall–Kier alpha value is -4.56. The van der Waals surface area contributed by atoms with Crippen molar-refractivity contribution in [2.24, 2.45) is 5.73 Å². The van der Waals surface area contributed by atoms with Gasteiger partial charge in [-0.3, -0.25) is 9.69 Å². The lowest BCUT2D eigenvalue weighted by Crippen LogP contribution is -2.54. The predicted octanol–water partition coefficient (Wildman–Crippen LogP) is 4.41. The fourth-order valence-corrected chi connectivity index (χ4v) is 4.52. The molecule has 1 amide bonds. The summed E-state index contributed by atoms with van der Waals surface area (Å²) in [4.78, 5) is 20.8. The van der Waals surface area contributed by atoms with E-state index in [1.165, 1.54) is 41.6 Å². The van der Waals surface area contributed by atoms with Crippen molar-refractivity contribution in [3.05, 3.63) is 78.2 Å². The van der Waals surface area contributed by atoms with E-state index in [1.54, 1.807) is 6.07 Å². The van der Waals surface area contributed by atoms with Gasteiger partial charge in [0.1, 0.15) is 17.6 Å². The van der Waals surface area contributed by atoms with E-state index in [2.05, 4.69) is 20.5 Å². The van der Waals surface area contributed by atoms with Crippen molar-refractivity contribution in [1.29, 1.82) is 0 Å². The zero-order valence-corrected chi connectivity index (χ0v) is 21.7. The molecule has 0 radical (unpaired) electrons. The van der Waals surface area contributed by atoms with E-state index in [0.717, 1.165) is 18.4 Å². The quantitative estimate of drug-likeness (QED) is 0.311. The van der Waals surface area contributed by atoms with Crippen molar-refractivity contribution < 1.29 is 31.5 Å². The number of aromatic nitrogens is 3. The third-order valence-electron chi connectivity index (χ3n) is 6.66. The van der Waals surface area contributed by atoms with Gasteiger partial charge in [0.2, 0.25) is 5.89 Å². The van der Waals surface area contributed by atoms with Crippen LogP contribution in [0.3, 0.4) is 0 Å². The van der Waals surface area contributed by atoms with Crippen LogP contribution in [0.5, 0.6) is 11.5 Å². The van der Waals surface area contributed by atoms with Gasteiger partial charge < -0.3 is 25.1 Å². The first-order valence-electron chi connectivity index (χ1n) is 12.5. The lowest BCUT2D eigenvalue weighted by Gasteiger charge is -2.41. The highest BCUT2D eigenvalue weighted by Gasteiger charge is 2.42. The molecule has 10 nitrogen and oxygen atoms in total. The van der Waals surface area contributed by atoms with E-state index in [-0.39, 0.29) is 54.4 Å². The summed E-state index contributed by atoms with van der Waals surface area (Å²) in [5.74, 6) is -2.54. The Kier molecular flexibility index (Phi) is 7.85. The van der Waals surface area contributed by atoms with Crippen LogP contribution in [-0.2, 0) is 6.18 Å². The van der Waals surface area contributed by atoms with Crippen LogP contribution in [0, 0.1) is 5.82 Å². The molecule has 1 aliphatic rings. The van der Waals surface area contributed by atoms with Crippen LogP contribution < -0.4 is 20.7 Å². The van der Waals surface area contributed by atoms with Gasteiger partial charge in [0.05, 0.1) is 29.3 Å². The molecule has 1 fully saturated rings. The number of nitrogens with zero attached hydrogens (tertiary/aromatic N) is 5. The molecule has 0 saturated carbocycles. The Morgan fingerprint density at radius 3 is 2.66 bits per heavy atom. The van der Waals surface area contributed by atoms with Gasteiger partial charge in [-0.05, 0) is 37.4 Å². The minimum Gasteiger partial charge on any atom is -0.454 e. The average molecular weight is 572 g/mol. The molecule has 5 rings (SSSR count). The van der Waals surface area contributed by atoms with Crippen LogP contribution in [0.25, 0.3) is 11.5 Å². The number of hydrogen-bond acceptors (Lipinski definition) is 9. The third kappa shape index (κ3) is 5.98. The molecule has 14 heteroatoms. The molecule has 1 saturated heterocycles. The van der Waals surface area contributed by atoms with Crippen molar-refractivity contribution >= 4 is 17.3 Å². The normalized spacial score (nSPS) is 16.0. The summed E-state index contributed by atoms with van der Waals surface area (Å²) in [5.41, 5.74) is 4.56. The number of halogens is 4. The number of piperazine rings is 1. The maximum absolute atomic E-state index is 14.8. The van der Waals surface area contributed by atoms with Crippen molar-refractivity contribution in [3.63, 3.8) is 0 Å². The smallest absolute Gasteiger partial charge is 0.422 e. The number of amides is 1. The van der Waals surface area contributed by atoms with Gasteiger partial charge >= 0.3 is 6.18 Å². The Morgan fingerprint density at radius 1 is 1.15 bits per heavy atom. The molecule has 3 N–H and O–H groups in total. The molecule has 214 valence electrons. The molecule has 2 aromatic heterocycles. The fourth-order valence-electron chi connectivity index (χ4n) is 4.52. The third-order valence-corrected chi connectivity index (χ3v) is 6.66. The molecule has 1 aliphatic heterocycles. The van der Waals surface area contributed by atoms with E-state index in [4.69, 9.17) is 14.9 Å². The van der Waals surface area contributed by atoms with Crippen LogP contribution in [0.1, 0.15) is 16.1 Å². The molecule has 41 heavy (non-hydrogen) atoms. The van der Waals surface area contributed by atoms with Crippen LogP contribution in [-0.4, -0.2) is 65.3 Å². The number of para-hydroxylation sites is 1. The number of oxazole rings is 1. The largest absolute Gasteiger partial charge is 0.454 e. The van der Waals surface area contributed by atoms with Gasteiger partial charge in [-0.15, -0.1) is 0 Å². The first kappa shape index (κ1) is 28.0. The molecule has 0 spiro atoms. The summed E-state index contributed by atoms with van der Waals surface area (Å²) in [5, 5.41) is 9.94. The number of alkyl halides is 3. The number of anilines is 2. The van der Waals surface area contributed by atoms with Crippen molar-refractivity contribution in [2.75, 3.05) is 43.4 Å². The van der Waals surface area contributed by atoms with Gasteiger partial charge in [0.15, 0.2) is 17.3 Å². The molecular formula is C27H25F4N7O3. The Balaban J connectivity index is 1.57. The average Bonchev–Trinajstić information content (AvgIpc) is 3.46. The van der Waals surface area contributed by atoms with Crippen molar-refractivity contribution in [1.82, 2.24) is 20.1 Å². The standard InChI is InChI=1S/C27H25F4N7O3/c1-37-10-11-38(14-17(37)12-32)24-19(35-25(39)20-15-40-26(36-20)16-8-9-33-34-13-16)6-7-22(23(24)27(29,30)31)41-21-5-3-2-4-18(21)28/h2-9,13,15,17H,10-12,14,32H2,1H3,(H,35,39)/t17-/m1/s1. The minimum absolute atomic E-state index is 0.0831. The van der Waals surface area contributed by atoms with E-state index >= 15 is 0 Å². The number of likely N-dealkylation sites (N-methyl/N-ethyl adjacent to an activating group) is 1. The zero-order chi connectivity index (χ0) is 29.1. The van der Waals surface area contributed by atoms with Crippen molar-refractivity contribution in [2.45, 2.75) is 12.2 Å². The first-order chi connectivity index (χ1) is 19.7. The molecule has 0 aliphatic carbocycles. The minimum atomic E-state index is -4.94. The van der Waals surface area contributed by atoms with Gasteiger partial charge in [-0.25, -0.2) is 9.37 Å². The summed E-state index contributed by atoms with van der Waals surface area (Å²) < 4.78 is 69.5. The SMILES string of the molecule is CN1CCN(c2c(NC(=O)c3coc(-c4ccnnc4)n3)ccc(Oc3ccccc3F)c2C(F)(F)F)C[C@H]1CN. The Bertz CT molecular complexity index is 1530. The van der Waals surface area contributed by atoms with Crippen LogP contribution >= 0.6 is 0 Å². The van der Waals surface area contributed by atoms with Crippen molar-refractivity contribution in [3.8, 4) is 23.0 Å². The highest BCUT2D eigenvalue weighted by Crippen LogP contribution is 2.48. The number of carbonyl (C=O) groups is 1. The van der Waals surface area contributed by atoms with Crippen LogP contribution in [0.15, 0.2) is 65.5 Å². The van der Waals surface area contributed by atoms with E-state index in [9.17, 15) is 22.4 Å². The summed E-state index contributed by atoms with van der Waals surface area (Å²) >= 11 is 0. The summed E-state index contributed by atoms with van der Waals surface area (Å²) in [6, 6.07) is 8.80. The molecule has 1 atom stereocenters. The van der Waals surface area contributed by atoms with Gasteiger partial charge in [-0.1, -0.05) is 12.1 Å². The number of carbonyl (C=O) groups excluding carboxylic acids is 1. The maximum Gasteiger partial charge on any atom is 0.422 e. The van der Waals surface area contributed by atoms with Gasteiger partial charge in [0, 0.05) is 32.2 Å². The maximum atomic E-state index is 14.8. The first-order valence-corrected chi connectivity index (χ1v) is 12.5. The Labute approximate surface area is 231 Å². The monoisotopic (exact) mass is 571 g/mol. The lowest BCUT2D eigenvalue weighted by molar-refractivity contribution is -0.138. The number of nitrogens with two attached hydrogens (primary N) is 1. The fraction of sp³-hybridized carbons (Fsp3) is 0.259. The molecule has 0 bridgehead atoms. The highest BCUT2D eigenvalue weighted by atomic mass is 19.4. The molecule has 0 unspecified atom stereocenters. The summed E-state index contributed by atoms with van der Waals surface area (Å²) in [7, 11) is 1.83. The van der Waals surface area contributed by atoms with E-state index in [1.807, 2.05) is 11.9 Å². The number of ether oxygens (including phenoxy) is 1. The summed E-state index contributed by atoms with van der Waals surface area (Å²) in [6.07, 6.45) is -1.05. The second kappa shape index (κ2) is 11.5. The zero-order valence-electron chi connectivity index (χ0n) is 21.7. The number of benzene rings is 2. The van der Waals surface area contributed by atoms with E-state index < -0.39 is 29.2 Å². The molecule has 3 heterocycles. The topological polar surface area (TPSA) is 123 Å². The molecule has 4 aromatic rings. The Morgan fingerprint density at radius 2 is 1.95 bits per heavy atom.